The molecular formula is C12H28N2O. The molecule has 3 heteroatoms. The van der Waals surface area contributed by atoms with Crippen LogP contribution >= 0.6 is 0 Å². The maximum absolute atomic E-state index is 9.73. The molecule has 0 fully saturated rings. The van der Waals surface area contributed by atoms with Crippen molar-refractivity contribution in [2.75, 3.05) is 26.7 Å². The lowest BCUT2D eigenvalue weighted by atomic mass is 9.82. The number of hydrogen-bond acceptors (Lipinski definition) is 3. The molecule has 0 unspecified atom stereocenters. The van der Waals surface area contributed by atoms with Gasteiger partial charge in [0.1, 0.15) is 0 Å². The average molecular weight is 216 g/mol. The van der Waals surface area contributed by atoms with E-state index in [1.54, 1.807) is 0 Å². The lowest BCUT2D eigenvalue weighted by molar-refractivity contribution is 0.0296. The summed E-state index contributed by atoms with van der Waals surface area (Å²) in [7, 11) is 2.05. The second-order valence-corrected chi connectivity index (χ2v) is 5.40. The van der Waals surface area contributed by atoms with Gasteiger partial charge in [-0.2, -0.15) is 0 Å². The monoisotopic (exact) mass is 216 g/mol. The molecule has 3 nitrogen and oxygen atoms in total. The summed E-state index contributed by atoms with van der Waals surface area (Å²) in [6, 6.07) is 0. The number of hydrogen-bond donors (Lipinski definition) is 2. The molecule has 0 aromatic carbocycles. The van der Waals surface area contributed by atoms with Crippen LogP contribution in [0.2, 0.25) is 0 Å². The van der Waals surface area contributed by atoms with Gasteiger partial charge in [-0.1, -0.05) is 13.8 Å². The lowest BCUT2D eigenvalue weighted by Gasteiger charge is -2.36. The Morgan fingerprint density at radius 2 is 1.60 bits per heavy atom. The third-order valence-corrected chi connectivity index (χ3v) is 3.20. The zero-order valence-corrected chi connectivity index (χ0v) is 11.0. The van der Waals surface area contributed by atoms with Gasteiger partial charge in [-0.15, -0.1) is 0 Å². The third-order valence-electron chi connectivity index (χ3n) is 3.20. The molecule has 0 amide bonds. The van der Waals surface area contributed by atoms with Crippen LogP contribution in [0.15, 0.2) is 0 Å². The van der Waals surface area contributed by atoms with Gasteiger partial charge < -0.3 is 15.7 Å². The highest BCUT2D eigenvalue weighted by Crippen LogP contribution is 2.26. The van der Waals surface area contributed by atoms with Gasteiger partial charge in [0.25, 0.3) is 0 Å². The Labute approximate surface area is 94.6 Å². The number of nitrogens with zero attached hydrogens (tertiary/aromatic N) is 1. The lowest BCUT2D eigenvalue weighted by Crippen LogP contribution is -2.45. The van der Waals surface area contributed by atoms with Gasteiger partial charge in [0.15, 0.2) is 0 Å². The molecule has 0 aliphatic heterocycles. The van der Waals surface area contributed by atoms with Crippen LogP contribution in [-0.4, -0.2) is 42.3 Å². The minimum Gasteiger partial charge on any atom is -0.389 e. The van der Waals surface area contributed by atoms with Crippen molar-refractivity contribution in [3.8, 4) is 0 Å². The fourth-order valence-corrected chi connectivity index (χ4v) is 2.12. The predicted octanol–water partition coefficient (Wildman–Crippen LogP) is 1.45. The summed E-state index contributed by atoms with van der Waals surface area (Å²) in [4.78, 5) is 2.18. The molecule has 92 valence electrons. The highest BCUT2D eigenvalue weighted by Gasteiger charge is 2.27. The Kier molecular flexibility index (Phi) is 5.78. The molecule has 0 bridgehead atoms. The fourth-order valence-electron chi connectivity index (χ4n) is 2.12. The smallest absolute Gasteiger partial charge is 0.0718 e. The van der Waals surface area contributed by atoms with E-state index < -0.39 is 5.60 Å². The molecular weight excluding hydrogens is 188 g/mol. The maximum Gasteiger partial charge on any atom is 0.0718 e. The Balaban J connectivity index is 4.29. The van der Waals surface area contributed by atoms with Gasteiger partial charge in [-0.05, 0) is 45.7 Å². The Bertz CT molecular complexity index is 163. The molecule has 0 heterocycles. The van der Waals surface area contributed by atoms with Gasteiger partial charge in [0.2, 0.25) is 0 Å². The van der Waals surface area contributed by atoms with Crippen molar-refractivity contribution in [1.82, 2.24) is 4.90 Å². The molecule has 0 radical (unpaired) electrons. The van der Waals surface area contributed by atoms with E-state index in [2.05, 4.69) is 18.7 Å². The fraction of sp³-hybridized carbons (Fsp3) is 1.00. The average Bonchev–Trinajstić information content (AvgIpc) is 2.11. The van der Waals surface area contributed by atoms with Crippen molar-refractivity contribution in [3.05, 3.63) is 0 Å². The molecule has 0 aliphatic carbocycles. The summed E-state index contributed by atoms with van der Waals surface area (Å²) in [6.45, 7) is 10.4. The van der Waals surface area contributed by atoms with E-state index >= 15 is 0 Å². The van der Waals surface area contributed by atoms with Crippen molar-refractivity contribution in [2.45, 2.75) is 46.1 Å². The van der Waals surface area contributed by atoms with Crippen LogP contribution in [0.1, 0.15) is 40.5 Å². The Hall–Kier alpha value is -0.120. The van der Waals surface area contributed by atoms with Crippen molar-refractivity contribution in [1.29, 1.82) is 0 Å². The molecule has 0 rings (SSSR count). The van der Waals surface area contributed by atoms with Crippen LogP contribution in [-0.2, 0) is 0 Å². The molecule has 0 atom stereocenters. The van der Waals surface area contributed by atoms with Crippen molar-refractivity contribution in [2.24, 2.45) is 11.1 Å². The van der Waals surface area contributed by atoms with Crippen LogP contribution < -0.4 is 5.73 Å². The second-order valence-electron chi connectivity index (χ2n) is 5.40. The van der Waals surface area contributed by atoms with E-state index in [-0.39, 0.29) is 5.41 Å². The van der Waals surface area contributed by atoms with Gasteiger partial charge in [-0.3, -0.25) is 0 Å². The topological polar surface area (TPSA) is 49.5 Å². The van der Waals surface area contributed by atoms with E-state index in [0.717, 1.165) is 25.9 Å². The SMILES string of the molecule is CCC(CC)(CN)CN(C)CC(C)(C)O. The van der Waals surface area contributed by atoms with E-state index in [9.17, 15) is 5.11 Å². The van der Waals surface area contributed by atoms with Crippen LogP contribution in [0, 0.1) is 5.41 Å². The number of rotatable bonds is 7. The molecule has 0 aromatic rings. The predicted molar refractivity (Wildman–Crippen MR) is 65.9 cm³/mol. The normalized spacial score (nSPS) is 13.6. The van der Waals surface area contributed by atoms with E-state index in [0.29, 0.717) is 6.54 Å². The maximum atomic E-state index is 9.73. The van der Waals surface area contributed by atoms with Crippen LogP contribution in [0.4, 0.5) is 0 Å². The third kappa shape index (κ3) is 5.50. The van der Waals surface area contributed by atoms with Crippen molar-refractivity contribution >= 4 is 0 Å². The van der Waals surface area contributed by atoms with E-state index in [1.807, 2.05) is 20.9 Å². The van der Waals surface area contributed by atoms with Crippen LogP contribution in [0.3, 0.4) is 0 Å². The summed E-state index contributed by atoms with van der Waals surface area (Å²) >= 11 is 0. The van der Waals surface area contributed by atoms with Gasteiger partial charge in [-0.25, -0.2) is 0 Å². The van der Waals surface area contributed by atoms with Gasteiger partial charge >= 0.3 is 0 Å². The molecule has 0 saturated heterocycles. The van der Waals surface area contributed by atoms with E-state index in [4.69, 9.17) is 5.73 Å². The summed E-state index contributed by atoms with van der Waals surface area (Å²) in [5, 5.41) is 9.73. The minimum atomic E-state index is -0.628. The second kappa shape index (κ2) is 5.83. The Morgan fingerprint density at radius 3 is 1.87 bits per heavy atom. The molecule has 0 spiro atoms. The highest BCUT2D eigenvalue weighted by atomic mass is 16.3. The molecule has 15 heavy (non-hydrogen) atoms. The largest absolute Gasteiger partial charge is 0.389 e. The first-order valence-electron chi connectivity index (χ1n) is 5.89. The number of aliphatic hydroxyl groups is 1. The first-order chi connectivity index (χ1) is 6.78. The molecule has 0 aliphatic rings. The van der Waals surface area contributed by atoms with Gasteiger partial charge in [0, 0.05) is 13.1 Å². The number of nitrogens with two attached hydrogens (primary N) is 1. The molecule has 0 aromatic heterocycles. The minimum absolute atomic E-state index is 0.208. The van der Waals surface area contributed by atoms with Gasteiger partial charge in [0.05, 0.1) is 5.60 Å². The highest BCUT2D eigenvalue weighted by molar-refractivity contribution is 4.82. The zero-order chi connectivity index (χ0) is 12.1. The van der Waals surface area contributed by atoms with Crippen molar-refractivity contribution in [3.63, 3.8) is 0 Å². The number of likely N-dealkylation sites (N-methyl/N-ethyl adjacent to an activating group) is 1. The van der Waals surface area contributed by atoms with Crippen LogP contribution in [0.25, 0.3) is 0 Å². The first-order valence-corrected chi connectivity index (χ1v) is 5.89. The molecule has 0 saturated carbocycles. The van der Waals surface area contributed by atoms with E-state index in [1.165, 1.54) is 0 Å². The summed E-state index contributed by atoms with van der Waals surface area (Å²) in [5.41, 5.74) is 5.43. The first kappa shape index (κ1) is 14.9. The standard InChI is InChI=1S/C12H28N2O/c1-6-12(7-2,8-13)10-14(5)9-11(3,4)15/h15H,6-10,13H2,1-5H3. The summed E-state index contributed by atoms with van der Waals surface area (Å²) in [5.74, 6) is 0. The Morgan fingerprint density at radius 1 is 1.13 bits per heavy atom. The van der Waals surface area contributed by atoms with Crippen LogP contribution in [0.5, 0.6) is 0 Å². The zero-order valence-electron chi connectivity index (χ0n) is 11.0. The van der Waals surface area contributed by atoms with Crippen molar-refractivity contribution < 1.29 is 5.11 Å². The molecule has 3 N–H and O–H groups in total. The summed E-state index contributed by atoms with van der Waals surface area (Å²) in [6.07, 6.45) is 2.19. The summed E-state index contributed by atoms with van der Waals surface area (Å²) < 4.78 is 0. The quantitative estimate of drug-likeness (QED) is 0.677.